The average Bonchev–Trinajstić information content (AvgIpc) is 3.12. The van der Waals surface area contributed by atoms with Crippen LogP contribution in [0.15, 0.2) is 4.79 Å². The van der Waals surface area contributed by atoms with E-state index in [0.717, 1.165) is 25.9 Å². The molecule has 1 unspecified atom stereocenters. The number of piperidine rings is 1. The molecule has 1 aliphatic heterocycles. The molecule has 9 heteroatoms. The molecular weight excluding hydrogens is 386 g/mol. The Kier molecular flexibility index (Phi) is 6.98. The van der Waals surface area contributed by atoms with Gasteiger partial charge in [0.1, 0.15) is 0 Å². The summed E-state index contributed by atoms with van der Waals surface area (Å²) in [5, 5.41) is 0. The monoisotopic (exact) mass is 415 g/mol. The molecule has 1 fully saturated rings. The Morgan fingerprint density at radius 1 is 1.20 bits per heavy atom. The average molecular weight is 415 g/mol. The van der Waals surface area contributed by atoms with Crippen molar-refractivity contribution < 1.29 is 14.3 Å². The maximum atomic E-state index is 13.2. The Balaban J connectivity index is 2.08. The van der Waals surface area contributed by atoms with Gasteiger partial charge in [-0.3, -0.25) is 13.9 Å². The van der Waals surface area contributed by atoms with Crippen LogP contribution in [0.4, 0.5) is 5.95 Å². The van der Waals surface area contributed by atoms with Crippen molar-refractivity contribution >= 4 is 23.1 Å². The summed E-state index contributed by atoms with van der Waals surface area (Å²) in [6.07, 6.45) is 2.91. The van der Waals surface area contributed by atoms with Crippen molar-refractivity contribution in [3.05, 3.63) is 10.4 Å². The summed E-state index contributed by atoms with van der Waals surface area (Å²) in [7, 11) is 1.57. The number of hydrogen-bond donors (Lipinski definition) is 0. The minimum atomic E-state index is -0.838. The van der Waals surface area contributed by atoms with Crippen molar-refractivity contribution in [2.45, 2.75) is 59.1 Å². The van der Waals surface area contributed by atoms with Gasteiger partial charge in [0.25, 0.3) is 5.56 Å². The molecule has 2 aromatic rings. The highest BCUT2D eigenvalue weighted by molar-refractivity contribution is 5.76. The fourth-order valence-electron chi connectivity index (χ4n) is 3.54. The zero-order valence-electron chi connectivity index (χ0n) is 18.1. The zero-order chi connectivity index (χ0) is 21.7. The lowest BCUT2D eigenvalue weighted by Crippen LogP contribution is -2.33. The number of carbonyl (C=O) groups is 1. The normalized spacial score (nSPS) is 14.9. The van der Waals surface area contributed by atoms with Crippen molar-refractivity contribution in [2.75, 3.05) is 24.6 Å². The summed E-state index contributed by atoms with van der Waals surface area (Å²) in [4.78, 5) is 36.6. The summed E-state index contributed by atoms with van der Waals surface area (Å²) in [6.45, 7) is 7.69. The largest absolute Gasteiger partial charge is 0.463 e. The van der Waals surface area contributed by atoms with Crippen LogP contribution in [0.3, 0.4) is 0 Å². The highest BCUT2D eigenvalue weighted by Crippen LogP contribution is 2.24. The van der Waals surface area contributed by atoms with E-state index in [1.165, 1.54) is 11.0 Å². The Labute approximate surface area is 176 Å². The topological polar surface area (TPSA) is 91.5 Å². The molecule has 9 nitrogen and oxygen atoms in total. The third kappa shape index (κ3) is 4.27. The molecule has 0 amide bonds. The number of ether oxygens (including phenoxy) is 2. The smallest absolute Gasteiger partial charge is 0.347 e. The molecule has 3 heterocycles. The molecule has 0 N–H and O–H groups in total. The first-order valence-electron chi connectivity index (χ1n) is 10.5. The van der Waals surface area contributed by atoms with Crippen LogP contribution in [0.5, 0.6) is 6.01 Å². The second kappa shape index (κ2) is 9.65. The van der Waals surface area contributed by atoms with Gasteiger partial charge in [-0.2, -0.15) is 9.97 Å². The van der Waals surface area contributed by atoms with Gasteiger partial charge >= 0.3 is 12.0 Å². The highest BCUT2D eigenvalue weighted by Gasteiger charge is 2.26. The number of carbonyl (C=O) groups excluding carboxylic acids is 1. The number of fused-ring (bicyclic) bond motifs is 1. The fraction of sp³-hybridized carbons (Fsp3) is 0.619. The quantitative estimate of drug-likeness (QED) is 0.503. The van der Waals surface area contributed by atoms with Crippen molar-refractivity contribution in [1.29, 1.82) is 0 Å². The maximum Gasteiger partial charge on any atom is 0.347 e. The van der Waals surface area contributed by atoms with Crippen LogP contribution < -0.4 is 15.2 Å². The fourth-order valence-corrected chi connectivity index (χ4v) is 3.54. The number of esters is 1. The number of aromatic nitrogens is 4. The minimum absolute atomic E-state index is 0.0452. The van der Waals surface area contributed by atoms with E-state index in [0.29, 0.717) is 30.1 Å². The van der Waals surface area contributed by atoms with Gasteiger partial charge in [-0.25, -0.2) is 4.79 Å². The lowest BCUT2D eigenvalue weighted by Gasteiger charge is -2.27. The van der Waals surface area contributed by atoms with E-state index in [-0.39, 0.29) is 18.2 Å². The summed E-state index contributed by atoms with van der Waals surface area (Å²) in [5.74, 6) is 6.13. The molecule has 1 atom stereocenters. The molecule has 0 spiro atoms. The molecule has 0 aromatic carbocycles. The van der Waals surface area contributed by atoms with Crippen molar-refractivity contribution in [3.63, 3.8) is 0 Å². The predicted octanol–water partition coefficient (Wildman–Crippen LogP) is 1.86. The minimum Gasteiger partial charge on any atom is -0.463 e. The third-order valence-corrected chi connectivity index (χ3v) is 5.15. The maximum absolute atomic E-state index is 13.2. The van der Waals surface area contributed by atoms with Crippen LogP contribution in [-0.4, -0.2) is 50.9 Å². The van der Waals surface area contributed by atoms with E-state index in [1.807, 2.05) is 11.5 Å². The van der Waals surface area contributed by atoms with Gasteiger partial charge in [-0.1, -0.05) is 12.8 Å². The Morgan fingerprint density at radius 2 is 1.93 bits per heavy atom. The second-order valence-corrected chi connectivity index (χ2v) is 7.17. The van der Waals surface area contributed by atoms with Gasteiger partial charge in [-0.15, -0.1) is 5.92 Å². The molecule has 162 valence electrons. The first kappa shape index (κ1) is 21.7. The number of anilines is 1. The van der Waals surface area contributed by atoms with Gasteiger partial charge < -0.3 is 14.4 Å². The van der Waals surface area contributed by atoms with E-state index >= 15 is 0 Å². The van der Waals surface area contributed by atoms with Crippen molar-refractivity contribution in [1.82, 2.24) is 19.1 Å². The summed E-state index contributed by atoms with van der Waals surface area (Å²) < 4.78 is 14.0. The van der Waals surface area contributed by atoms with E-state index in [2.05, 4.69) is 26.7 Å². The molecule has 0 saturated carbocycles. The molecule has 0 bridgehead atoms. The molecule has 0 radical (unpaired) electrons. The zero-order valence-corrected chi connectivity index (χ0v) is 18.1. The second-order valence-electron chi connectivity index (χ2n) is 7.17. The molecule has 0 aliphatic carbocycles. The lowest BCUT2D eigenvalue weighted by molar-refractivity contribution is -0.151. The van der Waals surface area contributed by atoms with Crippen LogP contribution in [-0.2, 0) is 23.1 Å². The van der Waals surface area contributed by atoms with E-state index < -0.39 is 12.1 Å². The van der Waals surface area contributed by atoms with Crippen LogP contribution in [0.1, 0.15) is 46.5 Å². The number of nitrogens with zero attached hydrogens (tertiary/aromatic N) is 5. The molecule has 2 aromatic heterocycles. The van der Waals surface area contributed by atoms with Crippen LogP contribution in [0.2, 0.25) is 0 Å². The number of rotatable bonds is 7. The van der Waals surface area contributed by atoms with Crippen LogP contribution in [0, 0.1) is 11.8 Å². The SMILES string of the molecule is CC#CCn1c(N2CCCCC2)nc2nc(OC(CC)C(=O)OCC)n(C)c(=O)c21. The van der Waals surface area contributed by atoms with Crippen molar-refractivity contribution in [2.24, 2.45) is 7.05 Å². The van der Waals surface area contributed by atoms with Gasteiger partial charge in [0, 0.05) is 20.1 Å². The molecule has 30 heavy (non-hydrogen) atoms. The Hall–Kier alpha value is -3.02. The van der Waals surface area contributed by atoms with Gasteiger partial charge in [0.05, 0.1) is 13.2 Å². The van der Waals surface area contributed by atoms with Crippen LogP contribution in [0.25, 0.3) is 11.2 Å². The van der Waals surface area contributed by atoms with Gasteiger partial charge in [-0.05, 0) is 39.5 Å². The molecular formula is C21H29N5O4. The molecule has 3 rings (SSSR count). The van der Waals surface area contributed by atoms with Crippen LogP contribution >= 0.6 is 0 Å². The Bertz CT molecular complexity index is 1020. The first-order chi connectivity index (χ1) is 14.5. The summed E-state index contributed by atoms with van der Waals surface area (Å²) >= 11 is 0. The number of imidazole rings is 1. The predicted molar refractivity (Wildman–Crippen MR) is 114 cm³/mol. The van der Waals surface area contributed by atoms with E-state index in [1.54, 1.807) is 20.9 Å². The van der Waals surface area contributed by atoms with Gasteiger partial charge in [0.15, 0.2) is 17.3 Å². The summed E-state index contributed by atoms with van der Waals surface area (Å²) in [5.41, 5.74) is 0.394. The third-order valence-electron chi connectivity index (χ3n) is 5.15. The molecule has 1 aliphatic rings. The van der Waals surface area contributed by atoms with E-state index in [9.17, 15) is 9.59 Å². The highest BCUT2D eigenvalue weighted by atomic mass is 16.6. The van der Waals surface area contributed by atoms with Gasteiger partial charge in [0.2, 0.25) is 5.95 Å². The lowest BCUT2D eigenvalue weighted by atomic mass is 10.1. The Morgan fingerprint density at radius 3 is 2.57 bits per heavy atom. The molecule has 1 saturated heterocycles. The standard InChI is InChI=1S/C21H29N5O4/c1-5-8-14-26-16-17(22-20(26)25-12-10-9-11-13-25)23-21(24(4)18(16)27)30-15(6-2)19(28)29-7-3/h15H,6-7,9-14H2,1-4H3. The summed E-state index contributed by atoms with van der Waals surface area (Å²) in [6, 6.07) is 0.0452. The first-order valence-corrected chi connectivity index (χ1v) is 10.5. The van der Waals surface area contributed by atoms with Crippen molar-refractivity contribution in [3.8, 4) is 17.9 Å². The number of hydrogen-bond acceptors (Lipinski definition) is 7. The van der Waals surface area contributed by atoms with E-state index in [4.69, 9.17) is 9.47 Å².